The number of fused-ring (bicyclic) bond motifs is 1. The van der Waals surface area contributed by atoms with Crippen molar-refractivity contribution in [2.45, 2.75) is 38.6 Å². The highest BCUT2D eigenvalue weighted by molar-refractivity contribution is 5.91. The van der Waals surface area contributed by atoms with Crippen LogP contribution in [0.2, 0.25) is 0 Å². The number of ketones is 1. The second-order valence-corrected chi connectivity index (χ2v) is 4.92. The molecule has 2 aliphatic heterocycles. The van der Waals surface area contributed by atoms with E-state index in [9.17, 15) is 9.59 Å². The Morgan fingerprint density at radius 1 is 1.53 bits per heavy atom. The van der Waals surface area contributed by atoms with Gasteiger partial charge in [0.25, 0.3) is 0 Å². The summed E-state index contributed by atoms with van der Waals surface area (Å²) in [7, 11) is 0. The molecule has 5 nitrogen and oxygen atoms in total. The van der Waals surface area contributed by atoms with Gasteiger partial charge in [-0.3, -0.25) is 9.69 Å². The van der Waals surface area contributed by atoms with Crippen LogP contribution in [0.4, 0.5) is 4.79 Å². The zero-order valence-electron chi connectivity index (χ0n) is 9.15. The molecule has 2 aliphatic rings. The molecule has 15 heavy (non-hydrogen) atoms. The quantitative estimate of drug-likeness (QED) is 0.552. The topological polar surface area (TPSA) is 59.1 Å². The number of amides is 1. The number of carbonyl (C=O) groups excluding carboxylic acids is 2. The van der Waals surface area contributed by atoms with Crippen LogP contribution in [0, 0.1) is 0 Å². The molecule has 0 unspecified atom stereocenters. The molecule has 1 amide bonds. The molecule has 84 valence electrons. The summed E-state index contributed by atoms with van der Waals surface area (Å²) in [5.74, 6) is -0.0305. The average molecular weight is 213 g/mol. The fourth-order valence-corrected chi connectivity index (χ4v) is 1.59. The number of likely N-dealkylation sites (tertiary alicyclic amines) is 1. The molecule has 0 N–H and O–H groups in total. The average Bonchev–Trinajstić information content (AvgIpc) is 2.79. The summed E-state index contributed by atoms with van der Waals surface area (Å²) < 4.78 is 10.3. The largest absolute Gasteiger partial charge is 0.444 e. The molecule has 0 spiro atoms. The molecule has 2 fully saturated rings. The molecular formula is C10H15NO4. The van der Waals surface area contributed by atoms with Gasteiger partial charge in [-0.15, -0.1) is 0 Å². The van der Waals surface area contributed by atoms with Crippen molar-refractivity contribution < 1.29 is 19.1 Å². The number of rotatable bonds is 0. The predicted octanol–water partition coefficient (Wildman–Crippen LogP) is 0.574. The van der Waals surface area contributed by atoms with Crippen molar-refractivity contribution in [1.29, 1.82) is 0 Å². The van der Waals surface area contributed by atoms with Crippen LogP contribution in [0.1, 0.15) is 20.8 Å². The number of hydrogen-bond acceptors (Lipinski definition) is 4. The highest BCUT2D eigenvalue weighted by Gasteiger charge is 2.51. The van der Waals surface area contributed by atoms with Crippen molar-refractivity contribution in [1.82, 2.24) is 4.90 Å². The van der Waals surface area contributed by atoms with E-state index < -0.39 is 11.7 Å². The standard InChI is InChI=1S/C10H15NO4/c1-10(2,3)15-9(13)11-4-6(12)8-7(5-11)14-8/h7-8H,4-5H2,1-3H3/t7-,8+/m1/s1. The van der Waals surface area contributed by atoms with Gasteiger partial charge in [0.2, 0.25) is 0 Å². The van der Waals surface area contributed by atoms with E-state index in [4.69, 9.17) is 9.47 Å². The third-order valence-electron chi connectivity index (χ3n) is 2.30. The van der Waals surface area contributed by atoms with Crippen molar-refractivity contribution >= 4 is 11.9 Å². The number of ether oxygens (including phenoxy) is 2. The maximum absolute atomic E-state index is 11.6. The van der Waals surface area contributed by atoms with E-state index in [0.717, 1.165) is 0 Å². The molecule has 0 radical (unpaired) electrons. The first-order valence-corrected chi connectivity index (χ1v) is 5.03. The molecule has 0 aromatic rings. The lowest BCUT2D eigenvalue weighted by Gasteiger charge is -2.27. The highest BCUT2D eigenvalue weighted by Crippen LogP contribution is 2.29. The van der Waals surface area contributed by atoms with Gasteiger partial charge in [0, 0.05) is 0 Å². The van der Waals surface area contributed by atoms with Gasteiger partial charge in [-0.1, -0.05) is 0 Å². The Kier molecular flexibility index (Phi) is 2.22. The number of hydrogen-bond donors (Lipinski definition) is 0. The molecule has 2 heterocycles. The molecule has 0 aliphatic carbocycles. The lowest BCUT2D eigenvalue weighted by molar-refractivity contribution is -0.121. The van der Waals surface area contributed by atoms with Crippen molar-refractivity contribution in [2.24, 2.45) is 0 Å². The van der Waals surface area contributed by atoms with Crippen LogP contribution in [0.5, 0.6) is 0 Å². The molecule has 2 atom stereocenters. The van der Waals surface area contributed by atoms with E-state index >= 15 is 0 Å². The van der Waals surface area contributed by atoms with Crippen LogP contribution in [-0.4, -0.2) is 47.7 Å². The number of carbonyl (C=O) groups is 2. The summed E-state index contributed by atoms with van der Waals surface area (Å²) in [5.41, 5.74) is -0.526. The van der Waals surface area contributed by atoms with E-state index in [1.54, 1.807) is 20.8 Å². The maximum atomic E-state index is 11.6. The number of nitrogens with zero attached hydrogens (tertiary/aromatic N) is 1. The minimum atomic E-state index is -0.526. The minimum absolute atomic E-state index is 0.0305. The maximum Gasteiger partial charge on any atom is 0.410 e. The molecule has 0 aromatic carbocycles. The van der Waals surface area contributed by atoms with Crippen molar-refractivity contribution in [3.05, 3.63) is 0 Å². The summed E-state index contributed by atoms with van der Waals surface area (Å²) in [6.07, 6.45) is -0.799. The highest BCUT2D eigenvalue weighted by atomic mass is 16.6. The second kappa shape index (κ2) is 3.20. The van der Waals surface area contributed by atoms with Gasteiger partial charge in [0.05, 0.1) is 13.1 Å². The Balaban J connectivity index is 1.93. The molecule has 2 rings (SSSR count). The van der Waals surface area contributed by atoms with Crippen LogP contribution in [0.15, 0.2) is 0 Å². The zero-order valence-corrected chi connectivity index (χ0v) is 9.15. The third-order valence-corrected chi connectivity index (χ3v) is 2.30. The Morgan fingerprint density at radius 3 is 2.73 bits per heavy atom. The van der Waals surface area contributed by atoms with E-state index in [2.05, 4.69) is 0 Å². The van der Waals surface area contributed by atoms with Gasteiger partial charge in [0.1, 0.15) is 17.8 Å². The third kappa shape index (κ3) is 2.28. The van der Waals surface area contributed by atoms with Crippen LogP contribution in [0.3, 0.4) is 0 Å². The van der Waals surface area contributed by atoms with Gasteiger partial charge in [0.15, 0.2) is 5.78 Å². The summed E-state index contributed by atoms with van der Waals surface area (Å²) in [4.78, 5) is 24.4. The summed E-state index contributed by atoms with van der Waals surface area (Å²) in [6, 6.07) is 0. The lowest BCUT2D eigenvalue weighted by atomic mass is 10.1. The van der Waals surface area contributed by atoms with Crippen molar-refractivity contribution in [3.63, 3.8) is 0 Å². The molecular weight excluding hydrogens is 198 g/mol. The molecule has 0 aromatic heterocycles. The Labute approximate surface area is 88.3 Å². The number of piperidine rings is 1. The van der Waals surface area contributed by atoms with Crippen LogP contribution in [-0.2, 0) is 14.3 Å². The lowest BCUT2D eigenvalue weighted by Crippen LogP contribution is -2.46. The molecule has 0 bridgehead atoms. The first-order chi connectivity index (χ1) is 6.87. The van der Waals surface area contributed by atoms with Gasteiger partial charge >= 0.3 is 6.09 Å². The zero-order chi connectivity index (χ0) is 11.2. The smallest absolute Gasteiger partial charge is 0.410 e. The Hall–Kier alpha value is -1.10. The molecule has 5 heteroatoms. The first-order valence-electron chi connectivity index (χ1n) is 5.03. The van der Waals surface area contributed by atoms with Crippen LogP contribution in [0.25, 0.3) is 0 Å². The van der Waals surface area contributed by atoms with E-state index in [1.807, 2.05) is 0 Å². The molecule has 2 saturated heterocycles. The van der Waals surface area contributed by atoms with E-state index in [-0.39, 0.29) is 24.5 Å². The summed E-state index contributed by atoms with van der Waals surface area (Å²) >= 11 is 0. The molecule has 0 saturated carbocycles. The fourth-order valence-electron chi connectivity index (χ4n) is 1.59. The fraction of sp³-hybridized carbons (Fsp3) is 0.800. The summed E-state index contributed by atoms with van der Waals surface area (Å²) in [6.45, 7) is 5.97. The SMILES string of the molecule is CC(C)(C)OC(=O)N1CC(=O)[C@@H]2O[C@@H]2C1. The van der Waals surface area contributed by atoms with E-state index in [0.29, 0.717) is 6.54 Å². The van der Waals surface area contributed by atoms with Gasteiger partial charge in [-0.2, -0.15) is 0 Å². The Morgan fingerprint density at radius 2 is 2.20 bits per heavy atom. The van der Waals surface area contributed by atoms with E-state index in [1.165, 1.54) is 4.90 Å². The second-order valence-electron chi connectivity index (χ2n) is 4.92. The van der Waals surface area contributed by atoms with Crippen molar-refractivity contribution in [3.8, 4) is 0 Å². The normalized spacial score (nSPS) is 29.8. The predicted molar refractivity (Wildman–Crippen MR) is 51.5 cm³/mol. The van der Waals surface area contributed by atoms with Gasteiger partial charge in [-0.25, -0.2) is 4.79 Å². The van der Waals surface area contributed by atoms with Gasteiger partial charge in [-0.05, 0) is 20.8 Å². The number of epoxide rings is 1. The van der Waals surface area contributed by atoms with Crippen molar-refractivity contribution in [2.75, 3.05) is 13.1 Å². The number of Topliss-reactive ketones (excluding diaryl/α,β-unsaturated/α-hetero) is 1. The van der Waals surface area contributed by atoms with Gasteiger partial charge < -0.3 is 9.47 Å². The van der Waals surface area contributed by atoms with Crippen LogP contribution >= 0.6 is 0 Å². The summed E-state index contributed by atoms with van der Waals surface area (Å²) in [5, 5.41) is 0. The monoisotopic (exact) mass is 213 g/mol. The minimum Gasteiger partial charge on any atom is -0.444 e. The first kappa shape index (κ1) is 10.4. The Bertz CT molecular complexity index is 307. The van der Waals surface area contributed by atoms with Crippen LogP contribution < -0.4 is 0 Å².